The molecule has 2 N–H and O–H groups in total. The number of nitrogens with zero attached hydrogens (tertiary/aromatic N) is 2. The first-order valence-corrected chi connectivity index (χ1v) is 6.35. The molecule has 2 heterocycles. The van der Waals surface area contributed by atoms with Crippen LogP contribution in [0.3, 0.4) is 0 Å². The lowest BCUT2D eigenvalue weighted by Gasteiger charge is -2.03. The maximum atomic E-state index is 12.1. The lowest BCUT2D eigenvalue weighted by atomic mass is 10.2. The van der Waals surface area contributed by atoms with Crippen LogP contribution in [0.5, 0.6) is 0 Å². The van der Waals surface area contributed by atoms with Crippen LogP contribution in [0.1, 0.15) is 27.7 Å². The first-order valence-electron chi connectivity index (χ1n) is 6.35. The quantitative estimate of drug-likeness (QED) is 0.763. The number of aromatic amines is 1. The van der Waals surface area contributed by atoms with Gasteiger partial charge in [-0.05, 0) is 26.0 Å². The van der Waals surface area contributed by atoms with Crippen molar-refractivity contribution < 1.29 is 14.3 Å². The number of para-hydroxylation sites is 1. The number of imidazole rings is 1. The first-order chi connectivity index (χ1) is 9.97. The second-order valence-corrected chi connectivity index (χ2v) is 4.77. The van der Waals surface area contributed by atoms with Crippen LogP contribution in [-0.2, 0) is 6.54 Å². The fourth-order valence-corrected chi connectivity index (χ4v) is 2.28. The van der Waals surface area contributed by atoms with Crippen LogP contribution in [0, 0.1) is 13.8 Å². The molecule has 0 saturated heterocycles. The van der Waals surface area contributed by atoms with E-state index in [1.165, 1.54) is 10.6 Å². The summed E-state index contributed by atoms with van der Waals surface area (Å²) in [5.74, 6) is -0.0438. The molecule has 0 saturated carbocycles. The molecule has 0 aliphatic carbocycles. The van der Waals surface area contributed by atoms with Crippen molar-refractivity contribution in [3.63, 3.8) is 0 Å². The molecule has 0 aliphatic rings. The predicted molar refractivity (Wildman–Crippen MR) is 74.6 cm³/mol. The van der Waals surface area contributed by atoms with Gasteiger partial charge < -0.3 is 14.5 Å². The number of carbonyl (C=O) groups is 1. The number of rotatable bonds is 3. The number of carboxylic acids is 1. The van der Waals surface area contributed by atoms with Crippen LogP contribution in [0.2, 0.25) is 0 Å². The SMILES string of the molecule is Cc1nc(Cn2c(=O)[nH]c3cccc(C(=O)O)c32)oc1C. The van der Waals surface area contributed by atoms with Crippen LogP contribution >= 0.6 is 0 Å². The standard InChI is InChI=1S/C14H13N3O4/c1-7-8(2)21-11(15-7)6-17-12-9(13(18)19)4-3-5-10(12)16-14(17)20/h3-5H,6H2,1-2H3,(H,16,20)(H,18,19). The molecule has 0 unspecified atom stereocenters. The molecule has 0 fully saturated rings. The maximum Gasteiger partial charge on any atom is 0.337 e. The number of oxazole rings is 1. The van der Waals surface area contributed by atoms with Crippen molar-refractivity contribution in [3.8, 4) is 0 Å². The molecule has 0 atom stereocenters. The van der Waals surface area contributed by atoms with Crippen molar-refractivity contribution >= 4 is 17.0 Å². The molecule has 1 aromatic carbocycles. The van der Waals surface area contributed by atoms with Crippen LogP contribution in [0.4, 0.5) is 0 Å². The molecular formula is C14H13N3O4. The lowest BCUT2D eigenvalue weighted by molar-refractivity contribution is 0.0698. The second kappa shape index (κ2) is 4.62. The molecule has 3 rings (SSSR count). The number of fused-ring (bicyclic) bond motifs is 1. The average molecular weight is 287 g/mol. The number of nitrogens with one attached hydrogen (secondary N) is 1. The summed E-state index contributed by atoms with van der Waals surface area (Å²) in [6.45, 7) is 3.67. The van der Waals surface area contributed by atoms with Crippen molar-refractivity contribution in [3.05, 3.63) is 51.6 Å². The van der Waals surface area contributed by atoms with Gasteiger partial charge in [0.1, 0.15) is 12.3 Å². The minimum Gasteiger partial charge on any atom is -0.478 e. The zero-order chi connectivity index (χ0) is 15.1. The fourth-order valence-electron chi connectivity index (χ4n) is 2.28. The monoisotopic (exact) mass is 287 g/mol. The smallest absolute Gasteiger partial charge is 0.337 e. The second-order valence-electron chi connectivity index (χ2n) is 4.77. The van der Waals surface area contributed by atoms with E-state index < -0.39 is 11.7 Å². The molecule has 7 heteroatoms. The molecule has 0 aliphatic heterocycles. The zero-order valence-electron chi connectivity index (χ0n) is 11.5. The molecular weight excluding hydrogens is 274 g/mol. The van der Waals surface area contributed by atoms with E-state index in [1.54, 1.807) is 19.1 Å². The number of benzene rings is 1. The molecule has 0 amide bonds. The lowest BCUT2D eigenvalue weighted by Crippen LogP contribution is -2.18. The highest BCUT2D eigenvalue weighted by molar-refractivity contribution is 6.01. The Balaban J connectivity index is 2.19. The Bertz CT molecular complexity index is 881. The van der Waals surface area contributed by atoms with E-state index in [0.717, 1.165) is 5.69 Å². The van der Waals surface area contributed by atoms with Crippen molar-refractivity contribution in [1.82, 2.24) is 14.5 Å². The first kappa shape index (κ1) is 13.2. The van der Waals surface area contributed by atoms with E-state index >= 15 is 0 Å². The van der Waals surface area contributed by atoms with E-state index in [9.17, 15) is 14.7 Å². The third-order valence-electron chi connectivity index (χ3n) is 3.39. The highest BCUT2D eigenvalue weighted by atomic mass is 16.4. The third kappa shape index (κ3) is 2.12. The van der Waals surface area contributed by atoms with Crippen molar-refractivity contribution in [2.24, 2.45) is 0 Å². The Kier molecular flexibility index (Phi) is 2.90. The summed E-state index contributed by atoms with van der Waals surface area (Å²) in [5.41, 5.74) is 1.22. The summed E-state index contributed by atoms with van der Waals surface area (Å²) in [6.07, 6.45) is 0. The number of carboxylic acid groups (broad SMARTS) is 1. The Morgan fingerprint density at radius 2 is 2.19 bits per heavy atom. The number of H-pyrrole nitrogens is 1. The maximum absolute atomic E-state index is 12.1. The van der Waals surface area contributed by atoms with Gasteiger partial charge >= 0.3 is 11.7 Å². The van der Waals surface area contributed by atoms with Gasteiger partial charge in [-0.3, -0.25) is 4.57 Å². The van der Waals surface area contributed by atoms with Gasteiger partial charge in [0.2, 0.25) is 5.89 Å². The number of hydrogen-bond acceptors (Lipinski definition) is 4. The van der Waals surface area contributed by atoms with Gasteiger partial charge in [0.05, 0.1) is 22.3 Å². The van der Waals surface area contributed by atoms with E-state index in [-0.39, 0.29) is 12.1 Å². The van der Waals surface area contributed by atoms with Crippen molar-refractivity contribution in [1.29, 1.82) is 0 Å². The highest BCUT2D eigenvalue weighted by Gasteiger charge is 2.17. The van der Waals surface area contributed by atoms with E-state index in [0.29, 0.717) is 22.7 Å². The topological polar surface area (TPSA) is 101 Å². The molecule has 21 heavy (non-hydrogen) atoms. The number of aromatic carboxylic acids is 1. The van der Waals surface area contributed by atoms with E-state index in [4.69, 9.17) is 4.42 Å². The van der Waals surface area contributed by atoms with Gasteiger partial charge in [-0.25, -0.2) is 14.6 Å². The number of aromatic nitrogens is 3. The Morgan fingerprint density at radius 3 is 2.81 bits per heavy atom. The Hall–Kier alpha value is -2.83. The fraction of sp³-hybridized carbons (Fsp3) is 0.214. The zero-order valence-corrected chi connectivity index (χ0v) is 11.5. The predicted octanol–water partition coefficient (Wildman–Crippen LogP) is 1.68. The molecule has 0 radical (unpaired) electrons. The van der Waals surface area contributed by atoms with Crippen LogP contribution in [0.25, 0.3) is 11.0 Å². The summed E-state index contributed by atoms with van der Waals surface area (Å²) in [6, 6.07) is 4.71. The van der Waals surface area contributed by atoms with Gasteiger partial charge in [-0.1, -0.05) is 6.07 Å². The molecule has 0 spiro atoms. The van der Waals surface area contributed by atoms with Gasteiger partial charge in [0, 0.05) is 0 Å². The average Bonchev–Trinajstić information content (AvgIpc) is 2.90. The van der Waals surface area contributed by atoms with E-state index in [2.05, 4.69) is 9.97 Å². The largest absolute Gasteiger partial charge is 0.478 e. The Labute approximate surface area is 118 Å². The summed E-state index contributed by atoms with van der Waals surface area (Å²) >= 11 is 0. The number of hydrogen-bond donors (Lipinski definition) is 2. The molecule has 3 aromatic rings. The molecule has 2 aromatic heterocycles. The number of aryl methyl sites for hydroxylation is 2. The normalized spacial score (nSPS) is 11.1. The van der Waals surface area contributed by atoms with Gasteiger partial charge in [0.15, 0.2) is 0 Å². The van der Waals surface area contributed by atoms with Crippen molar-refractivity contribution in [2.75, 3.05) is 0 Å². The highest BCUT2D eigenvalue weighted by Crippen LogP contribution is 2.18. The minimum atomic E-state index is -1.09. The van der Waals surface area contributed by atoms with Crippen molar-refractivity contribution in [2.45, 2.75) is 20.4 Å². The van der Waals surface area contributed by atoms with Gasteiger partial charge in [-0.15, -0.1) is 0 Å². The van der Waals surface area contributed by atoms with Gasteiger partial charge in [-0.2, -0.15) is 0 Å². The summed E-state index contributed by atoms with van der Waals surface area (Å²) in [5, 5.41) is 9.26. The molecule has 0 bridgehead atoms. The minimum absolute atomic E-state index is 0.0610. The summed E-state index contributed by atoms with van der Waals surface area (Å²) < 4.78 is 6.78. The summed E-state index contributed by atoms with van der Waals surface area (Å²) in [7, 11) is 0. The van der Waals surface area contributed by atoms with Crippen LogP contribution in [0.15, 0.2) is 27.4 Å². The van der Waals surface area contributed by atoms with Crippen LogP contribution < -0.4 is 5.69 Å². The third-order valence-corrected chi connectivity index (χ3v) is 3.39. The van der Waals surface area contributed by atoms with Crippen LogP contribution in [-0.4, -0.2) is 25.6 Å². The molecule has 108 valence electrons. The van der Waals surface area contributed by atoms with Gasteiger partial charge in [0.25, 0.3) is 0 Å². The summed E-state index contributed by atoms with van der Waals surface area (Å²) in [4.78, 5) is 30.2. The molecule has 7 nitrogen and oxygen atoms in total. The Morgan fingerprint density at radius 1 is 1.43 bits per heavy atom. The van der Waals surface area contributed by atoms with E-state index in [1.807, 2.05) is 6.92 Å².